The molecule has 3 aromatic rings. The second-order valence-electron chi connectivity index (χ2n) is 8.50. The quantitative estimate of drug-likeness (QED) is 0.260. The molecule has 0 nitrogen and oxygen atoms in total. The lowest BCUT2D eigenvalue weighted by atomic mass is 9.76. The molecule has 0 spiro atoms. The highest BCUT2D eigenvalue weighted by Crippen LogP contribution is 2.40. The van der Waals surface area contributed by atoms with Gasteiger partial charge in [0.1, 0.15) is 0 Å². The zero-order valence-electron chi connectivity index (χ0n) is 18.0. The Morgan fingerprint density at radius 1 is 0.710 bits per heavy atom. The Morgan fingerprint density at radius 2 is 1.16 bits per heavy atom. The van der Waals surface area contributed by atoms with E-state index in [2.05, 4.69) is 82.9 Å². The van der Waals surface area contributed by atoms with Crippen molar-refractivity contribution in [1.29, 1.82) is 0 Å². The predicted octanol–water partition coefficient (Wildman–Crippen LogP) is 8.41. The Labute approximate surface area is 195 Å². The first-order chi connectivity index (χ1) is 15.2. The topological polar surface area (TPSA) is 0 Å². The predicted molar refractivity (Wildman–Crippen MR) is 135 cm³/mol. The van der Waals surface area contributed by atoms with Gasteiger partial charge in [0.25, 0.3) is 0 Å². The lowest BCUT2D eigenvalue weighted by Gasteiger charge is -2.29. The first kappa shape index (κ1) is 21.7. The van der Waals surface area contributed by atoms with E-state index in [9.17, 15) is 0 Å². The van der Waals surface area contributed by atoms with E-state index < -0.39 is 0 Å². The van der Waals surface area contributed by atoms with Crippen molar-refractivity contribution in [3.8, 4) is 11.8 Å². The molecular formula is C30H29Br. The van der Waals surface area contributed by atoms with Crippen LogP contribution < -0.4 is 0 Å². The number of aryl methyl sites for hydroxylation is 1. The van der Waals surface area contributed by atoms with E-state index in [1.165, 1.54) is 42.4 Å². The number of hydrogen-bond acceptors (Lipinski definition) is 0. The molecule has 1 aliphatic carbocycles. The fourth-order valence-electron chi connectivity index (χ4n) is 4.50. The zero-order chi connectivity index (χ0) is 21.5. The largest absolute Gasteiger partial charge is 0.103 e. The Morgan fingerprint density at radius 3 is 1.65 bits per heavy atom. The first-order valence-electron chi connectivity index (χ1n) is 11.3. The Hall–Kier alpha value is -2.56. The van der Waals surface area contributed by atoms with Gasteiger partial charge in [0.05, 0.1) is 0 Å². The minimum Gasteiger partial charge on any atom is -0.103 e. The summed E-state index contributed by atoms with van der Waals surface area (Å²) in [5, 5.41) is 0. The molecule has 3 aromatic carbocycles. The molecule has 0 atom stereocenters. The second kappa shape index (κ2) is 10.7. The van der Waals surface area contributed by atoms with Crippen LogP contribution in [0.1, 0.15) is 71.8 Å². The summed E-state index contributed by atoms with van der Waals surface area (Å²) in [4.78, 5) is 0. The molecule has 0 amide bonds. The van der Waals surface area contributed by atoms with Crippen LogP contribution in [0.4, 0.5) is 0 Å². The van der Waals surface area contributed by atoms with Crippen LogP contribution in [-0.4, -0.2) is 0 Å². The average molecular weight is 469 g/mol. The fraction of sp³-hybridized carbons (Fsp3) is 0.267. The van der Waals surface area contributed by atoms with Crippen molar-refractivity contribution in [3.63, 3.8) is 0 Å². The molecule has 0 aromatic heterocycles. The molecule has 0 heterocycles. The standard InChI is InChI=1S/C30H29Br/c1-2-3-4-23-7-13-26(14-8-23)28-17-19-29(20-18-28)27-15-9-24(10-16-27)5-6-25-11-21-30(31)22-12-25/h2,7-16,21-22,28-29H,1,3-4,17-20H2/t28-,29-. The Balaban J connectivity index is 1.32. The van der Waals surface area contributed by atoms with Gasteiger partial charge in [-0.15, -0.1) is 6.58 Å². The highest BCUT2D eigenvalue weighted by molar-refractivity contribution is 9.10. The molecule has 1 fully saturated rings. The van der Waals surface area contributed by atoms with Crippen molar-refractivity contribution in [1.82, 2.24) is 0 Å². The normalized spacial score (nSPS) is 18.1. The van der Waals surface area contributed by atoms with Gasteiger partial charge in [-0.1, -0.05) is 70.2 Å². The van der Waals surface area contributed by atoms with E-state index in [4.69, 9.17) is 0 Å². The highest BCUT2D eigenvalue weighted by Gasteiger charge is 2.23. The van der Waals surface area contributed by atoms with Crippen molar-refractivity contribution in [2.75, 3.05) is 0 Å². The van der Waals surface area contributed by atoms with E-state index in [1.54, 1.807) is 0 Å². The molecule has 1 aliphatic rings. The summed E-state index contributed by atoms with van der Waals surface area (Å²) in [6, 6.07) is 26.4. The third-order valence-electron chi connectivity index (χ3n) is 6.39. The van der Waals surface area contributed by atoms with Gasteiger partial charge < -0.3 is 0 Å². The maximum Gasteiger partial charge on any atom is 0.0249 e. The second-order valence-corrected chi connectivity index (χ2v) is 9.41. The summed E-state index contributed by atoms with van der Waals surface area (Å²) >= 11 is 3.46. The molecule has 0 unspecified atom stereocenters. The number of benzene rings is 3. The molecule has 0 saturated heterocycles. The van der Waals surface area contributed by atoms with E-state index in [1.807, 2.05) is 30.3 Å². The molecule has 156 valence electrons. The number of rotatable bonds is 5. The summed E-state index contributed by atoms with van der Waals surface area (Å²) < 4.78 is 1.08. The van der Waals surface area contributed by atoms with Crippen LogP contribution in [0, 0.1) is 11.8 Å². The van der Waals surface area contributed by atoms with Crippen LogP contribution >= 0.6 is 15.9 Å². The van der Waals surface area contributed by atoms with E-state index in [-0.39, 0.29) is 0 Å². The van der Waals surface area contributed by atoms with Gasteiger partial charge in [-0.25, -0.2) is 0 Å². The van der Waals surface area contributed by atoms with Gasteiger partial charge in [0.15, 0.2) is 0 Å². The van der Waals surface area contributed by atoms with Gasteiger partial charge >= 0.3 is 0 Å². The average Bonchev–Trinajstić information content (AvgIpc) is 2.83. The van der Waals surface area contributed by atoms with Crippen LogP contribution in [0.25, 0.3) is 0 Å². The molecule has 1 saturated carbocycles. The molecule has 0 bridgehead atoms. The molecule has 31 heavy (non-hydrogen) atoms. The summed E-state index contributed by atoms with van der Waals surface area (Å²) in [6.45, 7) is 3.82. The molecule has 0 aliphatic heterocycles. The Kier molecular flexibility index (Phi) is 7.44. The third-order valence-corrected chi connectivity index (χ3v) is 6.92. The minimum atomic E-state index is 0.677. The number of hydrogen-bond donors (Lipinski definition) is 0. The summed E-state index contributed by atoms with van der Waals surface area (Å²) in [5.41, 5.74) is 6.52. The molecule has 1 heteroatoms. The van der Waals surface area contributed by atoms with Crippen molar-refractivity contribution < 1.29 is 0 Å². The van der Waals surface area contributed by atoms with Crippen LogP contribution in [0.15, 0.2) is 89.9 Å². The minimum absolute atomic E-state index is 0.677. The van der Waals surface area contributed by atoms with Crippen LogP contribution in [-0.2, 0) is 6.42 Å². The van der Waals surface area contributed by atoms with Crippen molar-refractivity contribution in [2.24, 2.45) is 0 Å². The van der Waals surface area contributed by atoms with Crippen LogP contribution in [0.3, 0.4) is 0 Å². The molecule has 0 N–H and O–H groups in total. The first-order valence-corrected chi connectivity index (χ1v) is 12.1. The third kappa shape index (κ3) is 5.99. The molecule has 0 radical (unpaired) electrons. The van der Waals surface area contributed by atoms with Gasteiger partial charge in [-0.3, -0.25) is 0 Å². The summed E-state index contributed by atoms with van der Waals surface area (Å²) in [6.07, 6.45) is 9.25. The van der Waals surface area contributed by atoms with Gasteiger partial charge in [-0.2, -0.15) is 0 Å². The summed E-state index contributed by atoms with van der Waals surface area (Å²) in [5.74, 6) is 7.92. The fourth-order valence-corrected chi connectivity index (χ4v) is 4.77. The van der Waals surface area contributed by atoms with E-state index in [0.717, 1.165) is 28.4 Å². The monoisotopic (exact) mass is 468 g/mol. The van der Waals surface area contributed by atoms with Crippen LogP contribution in [0.5, 0.6) is 0 Å². The smallest absolute Gasteiger partial charge is 0.0249 e. The van der Waals surface area contributed by atoms with E-state index in [0.29, 0.717) is 11.8 Å². The maximum absolute atomic E-state index is 3.82. The van der Waals surface area contributed by atoms with Gasteiger partial charge in [-0.05, 0) is 103 Å². The number of halogens is 1. The van der Waals surface area contributed by atoms with E-state index >= 15 is 0 Å². The van der Waals surface area contributed by atoms with Gasteiger partial charge in [0.2, 0.25) is 0 Å². The van der Waals surface area contributed by atoms with Crippen molar-refractivity contribution >= 4 is 15.9 Å². The van der Waals surface area contributed by atoms with Crippen molar-refractivity contribution in [2.45, 2.75) is 50.4 Å². The lowest BCUT2D eigenvalue weighted by molar-refractivity contribution is 0.396. The molecular weight excluding hydrogens is 440 g/mol. The van der Waals surface area contributed by atoms with Crippen LogP contribution in [0.2, 0.25) is 0 Å². The summed E-state index contributed by atoms with van der Waals surface area (Å²) in [7, 11) is 0. The van der Waals surface area contributed by atoms with Gasteiger partial charge in [0, 0.05) is 15.6 Å². The SMILES string of the molecule is C=CCCc1ccc([C@H]2CC[C@H](c3ccc(C#Cc4ccc(Br)cc4)cc3)CC2)cc1. The lowest BCUT2D eigenvalue weighted by Crippen LogP contribution is -2.12. The highest BCUT2D eigenvalue weighted by atomic mass is 79.9. The number of allylic oxidation sites excluding steroid dienone is 1. The zero-order valence-corrected chi connectivity index (χ0v) is 19.6. The molecule has 4 rings (SSSR count). The Bertz CT molecular complexity index is 1040. The maximum atomic E-state index is 3.82. The van der Waals surface area contributed by atoms with Crippen molar-refractivity contribution in [3.05, 3.63) is 118 Å².